The van der Waals surface area contributed by atoms with Gasteiger partial charge in [0.15, 0.2) is 0 Å². The quantitative estimate of drug-likeness (QED) is 0.176. The molecule has 1 aliphatic rings. The Morgan fingerprint density at radius 3 is 2.04 bits per heavy atom. The summed E-state index contributed by atoms with van der Waals surface area (Å²) in [7, 11) is 4.97. The van der Waals surface area contributed by atoms with E-state index < -0.39 is 73.8 Å². The van der Waals surface area contributed by atoms with Gasteiger partial charge in [-0.2, -0.15) is 26.3 Å². The number of hydrogen-bond acceptors (Lipinski definition) is 6. The highest BCUT2D eigenvalue weighted by Gasteiger charge is 2.41. The second-order valence-corrected chi connectivity index (χ2v) is 11.7. The van der Waals surface area contributed by atoms with E-state index in [0.717, 1.165) is 11.9 Å². The van der Waals surface area contributed by atoms with E-state index in [1.165, 1.54) is 11.9 Å². The molecular formula is C30H35F6N5O3S. The Morgan fingerprint density at radius 1 is 0.911 bits per heavy atom. The van der Waals surface area contributed by atoms with E-state index in [4.69, 9.17) is 0 Å². The fraction of sp³-hybridized carbons (Fsp3) is 0.467. The van der Waals surface area contributed by atoms with Gasteiger partial charge in [-0.3, -0.25) is 19.1 Å². The minimum atomic E-state index is -4.76. The molecule has 3 unspecified atom stereocenters. The molecule has 0 radical (unpaired) electrons. The van der Waals surface area contributed by atoms with E-state index in [1.54, 1.807) is 73.6 Å². The first-order valence-electron chi connectivity index (χ1n) is 14.1. The Kier molecular flexibility index (Phi) is 12.4. The van der Waals surface area contributed by atoms with Crippen LogP contribution in [-0.2, 0) is 14.4 Å². The molecule has 1 aliphatic heterocycles. The summed E-state index contributed by atoms with van der Waals surface area (Å²) in [6, 6.07) is 15.5. The highest BCUT2D eigenvalue weighted by molar-refractivity contribution is 7.97. The molecule has 45 heavy (non-hydrogen) atoms. The Labute approximate surface area is 261 Å². The van der Waals surface area contributed by atoms with Crippen molar-refractivity contribution in [3.63, 3.8) is 0 Å². The third kappa shape index (κ3) is 10.8. The lowest BCUT2D eigenvalue weighted by atomic mass is 9.83. The van der Waals surface area contributed by atoms with Crippen LogP contribution in [0, 0.1) is 11.8 Å². The van der Waals surface area contributed by atoms with Crippen LogP contribution >= 0.6 is 11.9 Å². The fourth-order valence-electron chi connectivity index (χ4n) is 4.78. The molecule has 0 fully saturated rings. The maximum Gasteiger partial charge on any atom is 0.389 e. The van der Waals surface area contributed by atoms with Crippen LogP contribution in [0.15, 0.2) is 59.6 Å². The van der Waals surface area contributed by atoms with Crippen LogP contribution in [0.4, 0.5) is 32.0 Å². The van der Waals surface area contributed by atoms with E-state index in [-0.39, 0.29) is 0 Å². The number of rotatable bonds is 13. The second kappa shape index (κ2) is 15.6. The van der Waals surface area contributed by atoms with Gasteiger partial charge in [0.05, 0.1) is 17.3 Å². The SMILES string of the molecule is CN(C)CCSNC(=O)C(CCC(F)(F)F)C(CCC(F)(F)F)C(=O)NC1N=C(c2ccccc2)c2ccccc2N(C)C1=O. The first-order valence-corrected chi connectivity index (χ1v) is 15.1. The molecule has 3 atom stereocenters. The Balaban J connectivity index is 1.99. The average molecular weight is 660 g/mol. The third-order valence-corrected chi connectivity index (χ3v) is 7.85. The Hall–Kier alpha value is -3.59. The summed E-state index contributed by atoms with van der Waals surface area (Å²) < 4.78 is 82.3. The molecule has 2 N–H and O–H groups in total. The van der Waals surface area contributed by atoms with Crippen molar-refractivity contribution in [2.45, 2.75) is 44.2 Å². The summed E-state index contributed by atoms with van der Waals surface area (Å²) in [5.41, 5.74) is 1.89. The normalized spacial score (nSPS) is 16.8. The Bertz CT molecular complexity index is 1350. The van der Waals surface area contributed by atoms with Crippen molar-refractivity contribution in [1.29, 1.82) is 0 Å². The number of carbonyl (C=O) groups is 3. The lowest BCUT2D eigenvalue weighted by molar-refractivity contribution is -0.152. The lowest BCUT2D eigenvalue weighted by Crippen LogP contribution is -2.50. The second-order valence-electron chi connectivity index (χ2n) is 10.8. The number of nitrogens with one attached hydrogen (secondary N) is 2. The number of benzodiazepines with no additional fused rings is 1. The molecule has 246 valence electrons. The van der Waals surface area contributed by atoms with E-state index in [0.29, 0.717) is 34.8 Å². The number of nitrogens with zero attached hydrogens (tertiary/aromatic N) is 3. The minimum absolute atomic E-state index is 0.310. The standard InChI is InChI=1S/C30H35F6N5O3S/c1-40(2)17-18-45-39-27(43)21(14-16-30(34,35)36)20(13-15-29(31,32)33)26(42)38-25-28(44)41(3)23-12-8-7-11-22(23)24(37-25)19-9-5-4-6-10-19/h4-12,20-21,25H,13-18H2,1-3H3,(H,38,42)(H,39,43). The molecule has 15 heteroatoms. The molecule has 1 heterocycles. The molecule has 0 bridgehead atoms. The van der Waals surface area contributed by atoms with Gasteiger partial charge in [-0.05, 0) is 45.0 Å². The van der Waals surface area contributed by atoms with Crippen LogP contribution in [0.25, 0.3) is 0 Å². The van der Waals surface area contributed by atoms with Gasteiger partial charge >= 0.3 is 12.4 Å². The molecule has 0 aliphatic carbocycles. The van der Waals surface area contributed by atoms with Crippen molar-refractivity contribution in [2.75, 3.05) is 38.3 Å². The summed E-state index contributed by atoms with van der Waals surface area (Å²) in [6.45, 7) is 0.498. The van der Waals surface area contributed by atoms with Gasteiger partial charge in [-0.1, -0.05) is 48.5 Å². The predicted molar refractivity (Wildman–Crippen MR) is 161 cm³/mol. The average Bonchev–Trinajstić information content (AvgIpc) is 3.06. The minimum Gasteiger partial charge on any atom is -0.326 e. The number of aliphatic imine (C=N–C) groups is 1. The number of likely N-dealkylation sites (N-methyl/N-ethyl adjacent to an activating group) is 1. The van der Waals surface area contributed by atoms with Crippen molar-refractivity contribution in [1.82, 2.24) is 14.9 Å². The summed E-state index contributed by atoms with van der Waals surface area (Å²) in [5, 5.41) is 2.36. The lowest BCUT2D eigenvalue weighted by Gasteiger charge is -2.28. The van der Waals surface area contributed by atoms with Crippen LogP contribution in [0.2, 0.25) is 0 Å². The van der Waals surface area contributed by atoms with Gasteiger partial charge in [-0.25, -0.2) is 4.99 Å². The molecule has 0 saturated heterocycles. The van der Waals surface area contributed by atoms with Crippen LogP contribution in [0.3, 0.4) is 0 Å². The first kappa shape index (κ1) is 35.9. The van der Waals surface area contributed by atoms with Crippen LogP contribution in [0.1, 0.15) is 36.8 Å². The molecular weight excluding hydrogens is 624 g/mol. The summed E-state index contributed by atoms with van der Waals surface area (Å²) in [4.78, 5) is 47.9. The number of benzene rings is 2. The maximum absolute atomic E-state index is 13.7. The van der Waals surface area contributed by atoms with Gasteiger partial charge in [0, 0.05) is 49.2 Å². The summed E-state index contributed by atoms with van der Waals surface area (Å²) in [6.07, 6.45) is -16.1. The van der Waals surface area contributed by atoms with Crippen molar-refractivity contribution >= 4 is 41.1 Å². The van der Waals surface area contributed by atoms with Gasteiger partial charge < -0.3 is 15.1 Å². The topological polar surface area (TPSA) is 94.1 Å². The van der Waals surface area contributed by atoms with Gasteiger partial charge in [0.1, 0.15) is 0 Å². The summed E-state index contributed by atoms with van der Waals surface area (Å²) in [5.74, 6) is -6.20. The zero-order chi connectivity index (χ0) is 33.4. The van der Waals surface area contributed by atoms with Gasteiger partial charge in [-0.15, -0.1) is 0 Å². The number of alkyl halides is 6. The number of para-hydroxylation sites is 1. The fourth-order valence-corrected chi connectivity index (χ4v) is 5.63. The molecule has 0 spiro atoms. The maximum atomic E-state index is 13.7. The van der Waals surface area contributed by atoms with Gasteiger partial charge in [0.2, 0.25) is 18.0 Å². The zero-order valence-corrected chi connectivity index (χ0v) is 25.7. The van der Waals surface area contributed by atoms with E-state index in [1.807, 2.05) is 0 Å². The van der Waals surface area contributed by atoms with Crippen molar-refractivity contribution in [3.8, 4) is 0 Å². The van der Waals surface area contributed by atoms with E-state index in [9.17, 15) is 40.7 Å². The van der Waals surface area contributed by atoms with Crippen LogP contribution in [0.5, 0.6) is 0 Å². The third-order valence-electron chi connectivity index (χ3n) is 7.12. The largest absolute Gasteiger partial charge is 0.389 e. The van der Waals surface area contributed by atoms with Crippen molar-refractivity contribution in [3.05, 3.63) is 65.7 Å². The number of halogens is 6. The molecule has 3 rings (SSSR count). The first-order chi connectivity index (χ1) is 21.1. The highest BCUT2D eigenvalue weighted by Crippen LogP contribution is 2.34. The predicted octanol–water partition coefficient (Wildman–Crippen LogP) is 5.19. The zero-order valence-electron chi connectivity index (χ0n) is 24.9. The Morgan fingerprint density at radius 2 is 1.47 bits per heavy atom. The molecule has 2 aromatic rings. The van der Waals surface area contributed by atoms with Gasteiger partial charge in [0.25, 0.3) is 5.91 Å². The van der Waals surface area contributed by atoms with Crippen LogP contribution in [-0.4, -0.2) is 80.3 Å². The van der Waals surface area contributed by atoms with Crippen molar-refractivity contribution < 1.29 is 40.7 Å². The molecule has 0 aromatic heterocycles. The highest BCUT2D eigenvalue weighted by atomic mass is 32.2. The van der Waals surface area contributed by atoms with Crippen LogP contribution < -0.4 is 14.9 Å². The van der Waals surface area contributed by atoms with E-state index >= 15 is 0 Å². The van der Waals surface area contributed by atoms with Crippen molar-refractivity contribution in [2.24, 2.45) is 16.8 Å². The number of fused-ring (bicyclic) bond motifs is 1. The molecule has 3 amide bonds. The van der Waals surface area contributed by atoms with E-state index in [2.05, 4.69) is 15.0 Å². The number of hydrogen-bond donors (Lipinski definition) is 2. The molecule has 2 aromatic carbocycles. The smallest absolute Gasteiger partial charge is 0.326 e. The summed E-state index contributed by atoms with van der Waals surface area (Å²) >= 11 is 0.875. The molecule has 0 saturated carbocycles. The molecule has 8 nitrogen and oxygen atoms in total. The number of carbonyl (C=O) groups excluding carboxylic acids is 3. The monoisotopic (exact) mass is 659 g/mol. The number of anilines is 1. The number of amides is 3.